The van der Waals surface area contributed by atoms with Crippen LogP contribution in [0.4, 0.5) is 19.6 Å². The van der Waals surface area contributed by atoms with Crippen LogP contribution in [-0.4, -0.2) is 65.6 Å². The van der Waals surface area contributed by atoms with E-state index in [1.54, 1.807) is 6.07 Å². The zero-order valence-electron chi connectivity index (χ0n) is 23.7. The van der Waals surface area contributed by atoms with Crippen LogP contribution in [0.15, 0.2) is 18.2 Å². The Morgan fingerprint density at radius 1 is 1.29 bits per heavy atom. The number of nitriles is 1. The molecular weight excluding hydrogens is 582 g/mol. The lowest BCUT2D eigenvalue weighted by atomic mass is 9.97. The molecule has 0 aliphatic carbocycles. The van der Waals surface area contributed by atoms with Crippen LogP contribution in [0.2, 0.25) is 5.02 Å². The van der Waals surface area contributed by atoms with E-state index in [2.05, 4.69) is 22.4 Å². The fourth-order valence-corrected chi connectivity index (χ4v) is 7.26. The molecule has 3 fully saturated rings. The number of hydrogen-bond acceptors (Lipinski definition) is 9. The van der Waals surface area contributed by atoms with Crippen LogP contribution in [-0.2, 0) is 0 Å². The number of ether oxygens (including phenoxy) is 1. The molecule has 1 spiro atoms. The molecule has 2 unspecified atom stereocenters. The van der Waals surface area contributed by atoms with E-state index in [4.69, 9.17) is 27.1 Å². The molecule has 9 nitrogen and oxygen atoms in total. The van der Waals surface area contributed by atoms with Crippen molar-refractivity contribution in [1.82, 2.24) is 20.3 Å². The van der Waals surface area contributed by atoms with Gasteiger partial charge in [0, 0.05) is 23.4 Å². The molecule has 2 atom stereocenters. The fraction of sp³-hybridized carbons (Fsp3) is 0.414. The lowest BCUT2D eigenvalue weighted by Gasteiger charge is -2.20. The number of nitrogens with two attached hydrogens (primary N) is 1. The summed E-state index contributed by atoms with van der Waals surface area (Å²) >= 11 is 7.71. The average Bonchev–Trinajstić information content (AvgIpc) is 3.28. The molecule has 3 aliphatic heterocycles. The molecule has 3 aliphatic rings. The third kappa shape index (κ3) is 4.60. The second-order valence-corrected chi connectivity index (χ2v) is 12.0. The van der Waals surface area contributed by atoms with E-state index in [1.165, 1.54) is 12.1 Å². The highest BCUT2D eigenvalue weighted by Crippen LogP contribution is 2.47. The summed E-state index contributed by atoms with van der Waals surface area (Å²) in [5.41, 5.74) is 9.94. The summed E-state index contributed by atoms with van der Waals surface area (Å²) in [4.78, 5) is 11.5. The number of benzene rings is 2. The van der Waals surface area contributed by atoms with Gasteiger partial charge in [-0.3, -0.25) is 0 Å². The van der Waals surface area contributed by atoms with Crippen LogP contribution in [0.25, 0.3) is 32.1 Å². The third-order valence-electron chi connectivity index (χ3n) is 8.22. The zero-order chi connectivity index (χ0) is 29.8. The van der Waals surface area contributed by atoms with Crippen molar-refractivity contribution < 1.29 is 18.2 Å². The molecule has 2 aromatic carbocycles. The maximum atomic E-state index is 16.6. The van der Waals surface area contributed by atoms with Gasteiger partial charge in [-0.15, -0.1) is 26.5 Å². The summed E-state index contributed by atoms with van der Waals surface area (Å²) in [6.45, 7) is 7.84. The summed E-state index contributed by atoms with van der Waals surface area (Å²) in [6.07, 6.45) is 3.11. The van der Waals surface area contributed by atoms with Crippen molar-refractivity contribution in [2.45, 2.75) is 39.2 Å². The minimum absolute atomic E-state index is 0.0218. The van der Waals surface area contributed by atoms with E-state index >= 15 is 4.39 Å². The molecule has 220 valence electrons. The molecule has 5 heterocycles. The Morgan fingerprint density at radius 2 is 2.10 bits per heavy atom. The van der Waals surface area contributed by atoms with Gasteiger partial charge < -0.3 is 15.4 Å². The average molecular weight is 614 g/mol. The van der Waals surface area contributed by atoms with Gasteiger partial charge in [0.25, 0.3) is 0 Å². The Bertz CT molecular complexity index is 1740. The summed E-state index contributed by atoms with van der Waals surface area (Å²) in [6, 6.07) is 6.65. The maximum absolute atomic E-state index is 16.6. The van der Waals surface area contributed by atoms with Crippen molar-refractivity contribution in [3.05, 3.63) is 40.4 Å². The number of nitrogens with one attached hydrogen (secondary N) is 1. The first kappa shape index (κ1) is 28.8. The Balaban J connectivity index is 0.00000155. The van der Waals surface area contributed by atoms with Crippen molar-refractivity contribution >= 4 is 54.7 Å². The normalized spacial score (nSPS) is 21.6. The largest absolute Gasteiger partial charge is 0.462 e. The summed E-state index contributed by atoms with van der Waals surface area (Å²) < 4.78 is 38.1. The van der Waals surface area contributed by atoms with E-state index in [0.29, 0.717) is 29.2 Å². The van der Waals surface area contributed by atoms with Crippen LogP contribution in [0, 0.1) is 23.0 Å². The van der Waals surface area contributed by atoms with Gasteiger partial charge in [0.2, 0.25) is 12.5 Å². The first-order chi connectivity index (χ1) is 20.3. The van der Waals surface area contributed by atoms with Gasteiger partial charge >= 0.3 is 6.01 Å². The van der Waals surface area contributed by atoms with Gasteiger partial charge in [0.1, 0.15) is 35.6 Å². The van der Waals surface area contributed by atoms with E-state index in [9.17, 15) is 9.65 Å². The lowest BCUT2D eigenvalue weighted by Crippen LogP contribution is -2.38. The van der Waals surface area contributed by atoms with Crippen LogP contribution in [0.1, 0.15) is 38.7 Å². The van der Waals surface area contributed by atoms with Crippen molar-refractivity contribution in [3.63, 3.8) is 0 Å². The third-order valence-corrected chi connectivity index (χ3v) is 9.54. The standard InChI is InChI=1S/C27H26ClF2N8OS.C2H6/c1-36-8-2-4-14(36)12-39-27-34-23-16(26(35-27)37-13-38(37)9-3-7-33-38)10-18(28)21(22(23)30)15-5-6-19(29)24-20(15)17(11-31)25(32)40-24;1-2/h5-6,10,14,33H,2-4,7-9,12-13,32H2,1H3;1-2H3/q+1;. The molecule has 0 saturated carbocycles. The predicted molar refractivity (Wildman–Crippen MR) is 162 cm³/mol. The number of quaternary nitrogens is 1. The smallest absolute Gasteiger partial charge is 0.319 e. The molecule has 0 bridgehead atoms. The Kier molecular flexibility index (Phi) is 7.57. The highest BCUT2D eigenvalue weighted by atomic mass is 35.5. The predicted octanol–water partition coefficient (Wildman–Crippen LogP) is 5.81. The molecular formula is C29H32ClF2N8OS+. The second-order valence-electron chi connectivity index (χ2n) is 10.6. The number of fused-ring (bicyclic) bond motifs is 2. The number of aromatic nitrogens is 2. The highest BCUT2D eigenvalue weighted by molar-refractivity contribution is 7.23. The van der Waals surface area contributed by atoms with Crippen LogP contribution < -0.4 is 20.9 Å². The van der Waals surface area contributed by atoms with Gasteiger partial charge in [-0.1, -0.05) is 31.5 Å². The van der Waals surface area contributed by atoms with Gasteiger partial charge in [0.05, 0.1) is 27.2 Å². The SMILES string of the molecule is CC.CN1CCCC1COc1nc(N2C[N+]23CCCN3)c2cc(Cl)c(-c3ccc(F)c4sc(N)c(C#N)c34)c(F)c2n1. The minimum atomic E-state index is -0.696. The Hall–Kier alpha value is -3.34. The Labute approximate surface area is 251 Å². The van der Waals surface area contributed by atoms with E-state index in [-0.39, 0.29) is 54.4 Å². The van der Waals surface area contributed by atoms with E-state index in [0.717, 1.165) is 50.2 Å². The summed E-state index contributed by atoms with van der Waals surface area (Å²) in [5, 5.41) is 12.7. The minimum Gasteiger partial charge on any atom is -0.462 e. The van der Waals surface area contributed by atoms with E-state index in [1.807, 2.05) is 24.9 Å². The van der Waals surface area contributed by atoms with Crippen molar-refractivity contribution in [3.8, 4) is 23.2 Å². The van der Waals surface area contributed by atoms with Gasteiger partial charge in [-0.25, -0.2) is 8.78 Å². The molecule has 0 radical (unpaired) electrons. The fourth-order valence-electron chi connectivity index (χ4n) is 6.01. The van der Waals surface area contributed by atoms with Gasteiger partial charge in [0.15, 0.2) is 5.82 Å². The monoisotopic (exact) mass is 613 g/mol. The number of hydrogen-bond donors (Lipinski definition) is 2. The molecule has 4 aromatic rings. The summed E-state index contributed by atoms with van der Waals surface area (Å²) in [7, 11) is 2.06. The van der Waals surface area contributed by atoms with Crippen molar-refractivity contribution in [2.75, 3.05) is 50.7 Å². The number of halogens is 3. The van der Waals surface area contributed by atoms with Crippen molar-refractivity contribution in [1.29, 1.82) is 5.26 Å². The molecule has 0 amide bonds. The lowest BCUT2D eigenvalue weighted by molar-refractivity contribution is -0.838. The summed E-state index contributed by atoms with van der Waals surface area (Å²) in [5.74, 6) is -0.707. The molecule has 42 heavy (non-hydrogen) atoms. The molecule has 13 heteroatoms. The molecule has 2 aromatic heterocycles. The van der Waals surface area contributed by atoms with Crippen molar-refractivity contribution in [2.24, 2.45) is 0 Å². The first-order valence-electron chi connectivity index (χ1n) is 14.2. The highest BCUT2D eigenvalue weighted by Gasteiger charge is 2.58. The quantitative estimate of drug-likeness (QED) is 0.215. The molecule has 3 saturated heterocycles. The van der Waals surface area contributed by atoms with Crippen LogP contribution in [0.3, 0.4) is 0 Å². The van der Waals surface area contributed by atoms with E-state index < -0.39 is 11.6 Å². The maximum Gasteiger partial charge on any atom is 0.319 e. The van der Waals surface area contributed by atoms with Crippen LogP contribution in [0.5, 0.6) is 6.01 Å². The number of nitrogen functional groups attached to an aromatic ring is 1. The first-order valence-corrected chi connectivity index (χ1v) is 15.3. The number of likely N-dealkylation sites (tertiary alicyclic amines) is 1. The van der Waals surface area contributed by atoms with Gasteiger partial charge in [-0.05, 0) is 44.1 Å². The van der Waals surface area contributed by atoms with Crippen LogP contribution >= 0.6 is 22.9 Å². The number of nitrogens with zero attached hydrogens (tertiary/aromatic N) is 6. The van der Waals surface area contributed by atoms with Gasteiger partial charge in [-0.2, -0.15) is 15.2 Å². The number of thiophene rings is 1. The molecule has 7 rings (SSSR count). The zero-order valence-corrected chi connectivity index (χ0v) is 25.2. The topological polar surface area (TPSA) is 103 Å². The number of rotatable bonds is 5. The molecule has 3 N–H and O–H groups in total. The Morgan fingerprint density at radius 3 is 2.79 bits per heavy atom. The number of anilines is 2. The second kappa shape index (κ2) is 11.1. The number of likely N-dealkylation sites (N-methyl/N-ethyl adjacent to an activating group) is 1.